The highest BCUT2D eigenvalue weighted by atomic mass is 79.9. The Hall–Kier alpha value is -0.750. The van der Waals surface area contributed by atoms with E-state index in [1.54, 1.807) is 12.1 Å². The minimum atomic E-state index is -0.281. The van der Waals surface area contributed by atoms with Gasteiger partial charge in [-0.1, -0.05) is 50.1 Å². The van der Waals surface area contributed by atoms with E-state index >= 15 is 0 Å². The molecule has 3 N–H and O–H groups in total. The summed E-state index contributed by atoms with van der Waals surface area (Å²) in [6.07, 6.45) is 0.602. The van der Waals surface area contributed by atoms with Crippen molar-refractivity contribution < 1.29 is 4.39 Å². The summed E-state index contributed by atoms with van der Waals surface area (Å²) in [4.78, 5) is 0. The molecule has 1 atom stereocenters. The highest BCUT2D eigenvalue weighted by Gasteiger charge is 2.16. The van der Waals surface area contributed by atoms with Crippen LogP contribution in [0.2, 0.25) is 0 Å². The fraction of sp³-hybridized carbons (Fsp3) is 0.143. The molecular weight excluding hydrogens is 375 g/mol. The first-order valence-electron chi connectivity index (χ1n) is 5.76. The van der Waals surface area contributed by atoms with Crippen LogP contribution in [0.1, 0.15) is 17.2 Å². The molecule has 19 heavy (non-hydrogen) atoms. The molecular formula is C14H13Br2FN2. The lowest BCUT2D eigenvalue weighted by Gasteiger charge is -2.18. The van der Waals surface area contributed by atoms with Gasteiger partial charge in [0, 0.05) is 14.5 Å². The maximum Gasteiger partial charge on any atom is 0.128 e. The molecule has 0 aliphatic heterocycles. The quantitative estimate of drug-likeness (QED) is 0.612. The lowest BCUT2D eigenvalue weighted by Crippen LogP contribution is -2.30. The van der Waals surface area contributed by atoms with Crippen LogP contribution >= 0.6 is 31.9 Å². The molecule has 0 spiro atoms. The van der Waals surface area contributed by atoms with E-state index in [0.717, 1.165) is 14.5 Å². The van der Waals surface area contributed by atoms with Gasteiger partial charge in [-0.25, -0.2) is 4.39 Å². The van der Waals surface area contributed by atoms with Crippen LogP contribution in [0.5, 0.6) is 0 Å². The van der Waals surface area contributed by atoms with Crippen molar-refractivity contribution in [2.24, 2.45) is 5.84 Å². The zero-order valence-corrected chi connectivity index (χ0v) is 13.2. The van der Waals surface area contributed by atoms with E-state index in [9.17, 15) is 4.39 Å². The van der Waals surface area contributed by atoms with Crippen molar-refractivity contribution in [2.45, 2.75) is 12.5 Å². The second kappa shape index (κ2) is 6.61. The molecule has 0 fully saturated rings. The molecule has 2 rings (SSSR count). The van der Waals surface area contributed by atoms with Crippen molar-refractivity contribution in [3.8, 4) is 0 Å². The van der Waals surface area contributed by atoms with Crippen LogP contribution in [0.15, 0.2) is 51.4 Å². The van der Waals surface area contributed by atoms with E-state index in [1.165, 1.54) is 6.07 Å². The first kappa shape index (κ1) is 14.7. The summed E-state index contributed by atoms with van der Waals surface area (Å²) in [7, 11) is 0. The second-order valence-corrected chi connectivity index (χ2v) is 5.95. The largest absolute Gasteiger partial charge is 0.271 e. The number of halogens is 3. The van der Waals surface area contributed by atoms with Crippen LogP contribution in [0.25, 0.3) is 0 Å². The van der Waals surface area contributed by atoms with E-state index in [4.69, 9.17) is 5.84 Å². The molecule has 0 heterocycles. The molecule has 0 aliphatic carbocycles. The summed E-state index contributed by atoms with van der Waals surface area (Å²) in [5.74, 6) is 5.31. The lowest BCUT2D eigenvalue weighted by atomic mass is 9.99. The van der Waals surface area contributed by atoms with Crippen molar-refractivity contribution in [3.05, 3.63) is 68.4 Å². The molecule has 2 aromatic carbocycles. The molecule has 0 aliphatic rings. The Morgan fingerprint density at radius 3 is 2.58 bits per heavy atom. The predicted molar refractivity (Wildman–Crippen MR) is 82.0 cm³/mol. The zero-order chi connectivity index (χ0) is 13.8. The van der Waals surface area contributed by atoms with Crippen molar-refractivity contribution in [1.82, 2.24) is 5.43 Å². The average molecular weight is 388 g/mol. The SMILES string of the molecule is NNC(Cc1ccccc1Br)c1cc(Br)ccc1F. The Morgan fingerprint density at radius 1 is 1.16 bits per heavy atom. The van der Waals surface area contributed by atoms with Crippen molar-refractivity contribution in [1.29, 1.82) is 0 Å². The zero-order valence-electron chi connectivity index (χ0n) is 10.0. The molecule has 0 bridgehead atoms. The van der Waals surface area contributed by atoms with Gasteiger partial charge >= 0.3 is 0 Å². The van der Waals surface area contributed by atoms with Crippen molar-refractivity contribution >= 4 is 31.9 Å². The fourth-order valence-electron chi connectivity index (χ4n) is 1.92. The van der Waals surface area contributed by atoms with Gasteiger partial charge in [-0.3, -0.25) is 11.3 Å². The minimum Gasteiger partial charge on any atom is -0.271 e. The minimum absolute atomic E-state index is 0.266. The van der Waals surface area contributed by atoms with Gasteiger partial charge in [0.05, 0.1) is 6.04 Å². The van der Waals surface area contributed by atoms with Gasteiger partial charge in [-0.2, -0.15) is 0 Å². The van der Waals surface area contributed by atoms with Gasteiger partial charge < -0.3 is 0 Å². The van der Waals surface area contributed by atoms with Crippen LogP contribution in [-0.4, -0.2) is 0 Å². The number of benzene rings is 2. The highest BCUT2D eigenvalue weighted by Crippen LogP contribution is 2.26. The van der Waals surface area contributed by atoms with E-state index in [2.05, 4.69) is 37.3 Å². The van der Waals surface area contributed by atoms with Crippen LogP contribution in [-0.2, 0) is 6.42 Å². The molecule has 100 valence electrons. The number of hydrazine groups is 1. The summed E-state index contributed by atoms with van der Waals surface area (Å²) >= 11 is 6.84. The van der Waals surface area contributed by atoms with Gasteiger partial charge in [0.15, 0.2) is 0 Å². The van der Waals surface area contributed by atoms with E-state index < -0.39 is 0 Å². The Kier molecular flexibility index (Phi) is 5.10. The van der Waals surface area contributed by atoms with Gasteiger partial charge in [0.25, 0.3) is 0 Å². The molecule has 2 aromatic rings. The van der Waals surface area contributed by atoms with Gasteiger partial charge in [0.2, 0.25) is 0 Å². The number of nitrogens with two attached hydrogens (primary N) is 1. The standard InChI is InChI=1S/C14H13Br2FN2/c15-10-5-6-13(17)11(8-10)14(19-18)7-9-3-1-2-4-12(9)16/h1-6,8,14,19H,7,18H2. The molecule has 2 nitrogen and oxygen atoms in total. The molecule has 1 unspecified atom stereocenters. The molecule has 0 amide bonds. The second-order valence-electron chi connectivity index (χ2n) is 4.18. The van der Waals surface area contributed by atoms with Gasteiger partial charge in [-0.05, 0) is 36.2 Å². The van der Waals surface area contributed by atoms with Gasteiger partial charge in [0.1, 0.15) is 5.82 Å². The lowest BCUT2D eigenvalue weighted by molar-refractivity contribution is 0.509. The summed E-state index contributed by atoms with van der Waals surface area (Å²) in [5.41, 5.74) is 4.30. The van der Waals surface area contributed by atoms with Crippen molar-refractivity contribution in [3.63, 3.8) is 0 Å². The summed E-state index contributed by atoms with van der Waals surface area (Å²) in [6, 6.07) is 12.4. The topological polar surface area (TPSA) is 38.0 Å². The maximum absolute atomic E-state index is 13.9. The Morgan fingerprint density at radius 2 is 1.89 bits per heavy atom. The molecule has 0 saturated carbocycles. The molecule has 5 heteroatoms. The maximum atomic E-state index is 13.9. The number of hydrogen-bond donors (Lipinski definition) is 2. The fourth-order valence-corrected chi connectivity index (χ4v) is 2.75. The third-order valence-corrected chi connectivity index (χ3v) is 4.18. The normalized spacial score (nSPS) is 12.4. The van der Waals surface area contributed by atoms with Crippen LogP contribution in [0, 0.1) is 5.82 Å². The van der Waals surface area contributed by atoms with Crippen molar-refractivity contribution in [2.75, 3.05) is 0 Å². The first-order valence-corrected chi connectivity index (χ1v) is 7.35. The summed E-state index contributed by atoms with van der Waals surface area (Å²) < 4.78 is 15.7. The monoisotopic (exact) mass is 386 g/mol. The summed E-state index contributed by atoms with van der Waals surface area (Å²) in [6.45, 7) is 0. The van der Waals surface area contributed by atoms with Crippen LogP contribution < -0.4 is 11.3 Å². The van der Waals surface area contributed by atoms with E-state index in [0.29, 0.717) is 12.0 Å². The Labute approximate surface area is 128 Å². The molecule has 0 radical (unpaired) electrons. The average Bonchev–Trinajstić information content (AvgIpc) is 2.41. The third kappa shape index (κ3) is 3.63. The number of hydrogen-bond acceptors (Lipinski definition) is 2. The molecule has 0 saturated heterocycles. The Bertz CT molecular complexity index is 575. The smallest absolute Gasteiger partial charge is 0.128 e. The van der Waals surface area contributed by atoms with Crippen LogP contribution in [0.4, 0.5) is 4.39 Å². The third-order valence-electron chi connectivity index (χ3n) is 2.92. The van der Waals surface area contributed by atoms with Gasteiger partial charge in [-0.15, -0.1) is 0 Å². The predicted octanol–water partition coefficient (Wildman–Crippen LogP) is 4.10. The van der Waals surface area contributed by atoms with E-state index in [-0.39, 0.29) is 11.9 Å². The summed E-state index contributed by atoms with van der Waals surface area (Å²) in [5, 5.41) is 0. The van der Waals surface area contributed by atoms with E-state index in [1.807, 2.05) is 24.3 Å². The highest BCUT2D eigenvalue weighted by molar-refractivity contribution is 9.10. The molecule has 0 aromatic heterocycles. The Balaban J connectivity index is 2.30. The first-order chi connectivity index (χ1) is 9.11. The number of rotatable bonds is 4. The number of nitrogens with one attached hydrogen (secondary N) is 1. The van der Waals surface area contributed by atoms with Crippen LogP contribution in [0.3, 0.4) is 0 Å².